The van der Waals surface area contributed by atoms with Crippen LogP contribution in [0, 0.1) is 5.92 Å². The number of amides is 2. The molecule has 0 saturated carbocycles. The lowest BCUT2D eigenvalue weighted by molar-refractivity contribution is -0.136. The first-order chi connectivity index (χ1) is 8.90. The fraction of sp³-hybridized carbons (Fsp3) is 0.385. The molecule has 0 atom stereocenters. The molecule has 0 saturated heterocycles. The van der Waals surface area contributed by atoms with Crippen LogP contribution in [-0.4, -0.2) is 23.5 Å². The molecule has 2 amide bonds. The fourth-order valence-corrected chi connectivity index (χ4v) is 1.51. The first kappa shape index (κ1) is 15.3. The smallest absolute Gasteiger partial charge is 0.313 e. The molecule has 0 radical (unpaired) electrons. The highest BCUT2D eigenvalue weighted by Gasteiger charge is 2.15. The normalized spacial score (nSPS) is 10.3. The number of benzene rings is 1. The summed E-state index contributed by atoms with van der Waals surface area (Å²) in [5, 5.41) is 14.7. The molecule has 0 aliphatic heterocycles. The topological polar surface area (TPSA) is 78.4 Å². The number of halogens is 1. The molecule has 0 bridgehead atoms. The Morgan fingerprint density at radius 1 is 1.32 bits per heavy atom. The number of phenols is 1. The standard InChI is InChI=1S/C13H17ClN2O3/c1-8(2)5-6-15-12(18)13(19)16-10-7-9(14)3-4-11(10)17/h3-4,7-8,17H,5-6H2,1-2H3,(H,15,18)(H,16,19). The summed E-state index contributed by atoms with van der Waals surface area (Å²) in [4.78, 5) is 23.1. The first-order valence-corrected chi connectivity index (χ1v) is 6.35. The molecular weight excluding hydrogens is 268 g/mol. The van der Waals surface area contributed by atoms with E-state index in [9.17, 15) is 14.7 Å². The van der Waals surface area contributed by atoms with E-state index in [4.69, 9.17) is 11.6 Å². The highest BCUT2D eigenvalue weighted by atomic mass is 35.5. The van der Waals surface area contributed by atoms with Gasteiger partial charge < -0.3 is 15.7 Å². The van der Waals surface area contributed by atoms with Crippen molar-refractivity contribution in [1.29, 1.82) is 0 Å². The van der Waals surface area contributed by atoms with Crippen molar-refractivity contribution in [2.75, 3.05) is 11.9 Å². The Bertz CT molecular complexity index is 475. The first-order valence-electron chi connectivity index (χ1n) is 5.98. The van der Waals surface area contributed by atoms with Gasteiger partial charge in [0.05, 0.1) is 5.69 Å². The average Bonchev–Trinajstić information content (AvgIpc) is 2.33. The molecule has 0 spiro atoms. The van der Waals surface area contributed by atoms with Crippen molar-refractivity contribution in [3.05, 3.63) is 23.2 Å². The van der Waals surface area contributed by atoms with Gasteiger partial charge in [-0.15, -0.1) is 0 Å². The van der Waals surface area contributed by atoms with E-state index in [0.29, 0.717) is 17.5 Å². The van der Waals surface area contributed by atoms with E-state index in [-0.39, 0.29) is 11.4 Å². The zero-order chi connectivity index (χ0) is 14.4. The number of carbonyl (C=O) groups is 2. The Hall–Kier alpha value is -1.75. The summed E-state index contributed by atoms with van der Waals surface area (Å²) in [6.45, 7) is 4.48. The highest BCUT2D eigenvalue weighted by molar-refractivity contribution is 6.40. The number of hydrogen-bond donors (Lipinski definition) is 3. The van der Waals surface area contributed by atoms with Crippen LogP contribution in [0.4, 0.5) is 5.69 Å². The molecule has 0 unspecified atom stereocenters. The summed E-state index contributed by atoms with van der Waals surface area (Å²) in [5.41, 5.74) is 0.108. The quantitative estimate of drug-likeness (QED) is 0.585. The van der Waals surface area contributed by atoms with E-state index in [0.717, 1.165) is 6.42 Å². The summed E-state index contributed by atoms with van der Waals surface area (Å²) in [6.07, 6.45) is 0.793. The van der Waals surface area contributed by atoms with Gasteiger partial charge in [0.2, 0.25) is 0 Å². The van der Waals surface area contributed by atoms with Gasteiger partial charge in [-0.1, -0.05) is 25.4 Å². The molecule has 5 nitrogen and oxygen atoms in total. The maximum Gasteiger partial charge on any atom is 0.313 e. The second-order valence-corrected chi connectivity index (χ2v) is 4.99. The van der Waals surface area contributed by atoms with Crippen molar-refractivity contribution >= 4 is 29.1 Å². The predicted octanol–water partition coefficient (Wildman–Crippen LogP) is 2.15. The highest BCUT2D eigenvalue weighted by Crippen LogP contribution is 2.26. The van der Waals surface area contributed by atoms with Gasteiger partial charge in [0, 0.05) is 11.6 Å². The second-order valence-electron chi connectivity index (χ2n) is 4.55. The van der Waals surface area contributed by atoms with Gasteiger partial charge in [-0.25, -0.2) is 0 Å². The zero-order valence-corrected chi connectivity index (χ0v) is 11.6. The molecule has 19 heavy (non-hydrogen) atoms. The zero-order valence-electron chi connectivity index (χ0n) is 10.9. The van der Waals surface area contributed by atoms with Crippen LogP contribution >= 0.6 is 11.6 Å². The van der Waals surface area contributed by atoms with Gasteiger partial charge in [-0.2, -0.15) is 0 Å². The van der Waals surface area contributed by atoms with Crippen LogP contribution < -0.4 is 10.6 Å². The van der Waals surface area contributed by atoms with Crippen LogP contribution in [0.1, 0.15) is 20.3 Å². The van der Waals surface area contributed by atoms with Crippen LogP contribution in [0.2, 0.25) is 5.02 Å². The Morgan fingerprint density at radius 3 is 2.63 bits per heavy atom. The van der Waals surface area contributed by atoms with Crippen LogP contribution in [0.15, 0.2) is 18.2 Å². The van der Waals surface area contributed by atoms with E-state index < -0.39 is 11.8 Å². The van der Waals surface area contributed by atoms with Crippen LogP contribution in [-0.2, 0) is 9.59 Å². The van der Waals surface area contributed by atoms with E-state index in [1.807, 2.05) is 13.8 Å². The third-order valence-electron chi connectivity index (χ3n) is 2.42. The van der Waals surface area contributed by atoms with Crippen molar-refractivity contribution in [2.24, 2.45) is 5.92 Å². The SMILES string of the molecule is CC(C)CCNC(=O)C(=O)Nc1cc(Cl)ccc1O. The molecule has 1 rings (SSSR count). The maximum absolute atomic E-state index is 11.6. The van der Waals surface area contributed by atoms with Crippen molar-refractivity contribution in [2.45, 2.75) is 20.3 Å². The Kier molecular flexibility index (Phi) is 5.63. The Morgan fingerprint density at radius 2 is 2.00 bits per heavy atom. The summed E-state index contributed by atoms with van der Waals surface area (Å²) in [5.74, 6) is -1.27. The molecule has 0 fully saturated rings. The molecule has 0 aliphatic rings. The lowest BCUT2D eigenvalue weighted by Crippen LogP contribution is -2.36. The van der Waals surface area contributed by atoms with Gasteiger partial charge >= 0.3 is 11.8 Å². The van der Waals surface area contributed by atoms with Crippen molar-refractivity contribution < 1.29 is 14.7 Å². The number of rotatable bonds is 4. The molecule has 0 aliphatic carbocycles. The Balaban J connectivity index is 2.54. The molecule has 0 aromatic heterocycles. The molecule has 6 heteroatoms. The number of phenolic OH excluding ortho intramolecular Hbond substituents is 1. The van der Waals surface area contributed by atoms with Gasteiger partial charge in [-0.05, 0) is 30.5 Å². The Labute approximate surface area is 117 Å². The minimum absolute atomic E-state index is 0.108. The van der Waals surface area contributed by atoms with E-state index in [1.165, 1.54) is 18.2 Å². The third kappa shape index (κ3) is 5.18. The maximum atomic E-state index is 11.6. The van der Waals surface area contributed by atoms with E-state index in [2.05, 4.69) is 10.6 Å². The van der Waals surface area contributed by atoms with Gasteiger partial charge in [0.15, 0.2) is 0 Å². The second kappa shape index (κ2) is 6.99. The number of carbonyl (C=O) groups excluding carboxylic acids is 2. The average molecular weight is 285 g/mol. The minimum Gasteiger partial charge on any atom is -0.506 e. The van der Waals surface area contributed by atoms with Gasteiger partial charge in [0.1, 0.15) is 5.75 Å². The number of anilines is 1. The number of nitrogens with one attached hydrogen (secondary N) is 2. The minimum atomic E-state index is -0.832. The van der Waals surface area contributed by atoms with Crippen molar-refractivity contribution in [3.63, 3.8) is 0 Å². The molecule has 104 valence electrons. The molecule has 0 heterocycles. The van der Waals surface area contributed by atoms with Gasteiger partial charge in [-0.3, -0.25) is 9.59 Å². The summed E-state index contributed by atoms with van der Waals surface area (Å²) < 4.78 is 0. The largest absolute Gasteiger partial charge is 0.506 e. The van der Waals surface area contributed by atoms with E-state index in [1.54, 1.807) is 0 Å². The fourth-order valence-electron chi connectivity index (χ4n) is 1.34. The number of aromatic hydroxyl groups is 1. The van der Waals surface area contributed by atoms with Crippen molar-refractivity contribution in [1.82, 2.24) is 5.32 Å². The molecular formula is C13H17ClN2O3. The number of hydrogen-bond acceptors (Lipinski definition) is 3. The molecule has 1 aromatic carbocycles. The predicted molar refractivity (Wildman–Crippen MR) is 74.2 cm³/mol. The van der Waals surface area contributed by atoms with Gasteiger partial charge in [0.25, 0.3) is 0 Å². The van der Waals surface area contributed by atoms with E-state index >= 15 is 0 Å². The summed E-state index contributed by atoms with van der Waals surface area (Å²) in [6, 6.07) is 4.19. The summed E-state index contributed by atoms with van der Waals surface area (Å²) >= 11 is 5.74. The lowest BCUT2D eigenvalue weighted by Gasteiger charge is -2.09. The monoisotopic (exact) mass is 284 g/mol. The van der Waals surface area contributed by atoms with Crippen LogP contribution in [0.25, 0.3) is 0 Å². The third-order valence-corrected chi connectivity index (χ3v) is 2.66. The van der Waals surface area contributed by atoms with Crippen LogP contribution in [0.3, 0.4) is 0 Å². The van der Waals surface area contributed by atoms with Crippen molar-refractivity contribution in [3.8, 4) is 5.75 Å². The van der Waals surface area contributed by atoms with Crippen LogP contribution in [0.5, 0.6) is 5.75 Å². The lowest BCUT2D eigenvalue weighted by atomic mass is 10.1. The molecule has 1 aromatic rings. The summed E-state index contributed by atoms with van der Waals surface area (Å²) in [7, 11) is 0. The molecule has 3 N–H and O–H groups in total.